The molecule has 0 amide bonds. The van der Waals surface area contributed by atoms with Gasteiger partial charge in [-0.15, -0.1) is 0 Å². The predicted octanol–water partition coefficient (Wildman–Crippen LogP) is 4.91. The molecular weight excluding hydrogens is 281 g/mol. The summed E-state index contributed by atoms with van der Waals surface area (Å²) in [6.07, 6.45) is 0. The molecule has 2 aromatic carbocycles. The maximum atomic E-state index is 14.0. The van der Waals surface area contributed by atoms with Crippen LogP contribution in [-0.2, 0) is 0 Å². The van der Waals surface area contributed by atoms with Crippen molar-refractivity contribution >= 4 is 23.4 Å². The van der Waals surface area contributed by atoms with Crippen molar-refractivity contribution in [1.82, 2.24) is 5.32 Å². The first-order valence-electron chi connectivity index (χ1n) is 6.01. The first kappa shape index (κ1) is 14.4. The second kappa shape index (κ2) is 6.42. The normalized spacial score (nSPS) is 12.4. The zero-order valence-corrected chi connectivity index (χ0v) is 12.4. The Labute approximate surface area is 122 Å². The minimum atomic E-state index is -0.195. The first-order chi connectivity index (χ1) is 9.13. The summed E-state index contributed by atoms with van der Waals surface area (Å²) in [5.41, 5.74) is 0.676. The van der Waals surface area contributed by atoms with Crippen molar-refractivity contribution in [2.45, 2.75) is 22.8 Å². The zero-order chi connectivity index (χ0) is 13.8. The van der Waals surface area contributed by atoms with Crippen LogP contribution in [-0.4, -0.2) is 7.05 Å². The molecule has 1 nitrogen and oxygen atoms in total. The summed E-state index contributed by atoms with van der Waals surface area (Å²) in [5.74, 6) is -0.195. The van der Waals surface area contributed by atoms with Crippen LogP contribution in [0.25, 0.3) is 0 Å². The second-order valence-electron chi connectivity index (χ2n) is 4.19. The molecule has 0 fully saturated rings. The van der Waals surface area contributed by atoms with Gasteiger partial charge in [-0.1, -0.05) is 41.6 Å². The highest BCUT2D eigenvalue weighted by Crippen LogP contribution is 2.37. The average molecular weight is 296 g/mol. The topological polar surface area (TPSA) is 12.0 Å². The molecule has 0 aromatic heterocycles. The predicted molar refractivity (Wildman–Crippen MR) is 79.4 cm³/mol. The van der Waals surface area contributed by atoms with E-state index < -0.39 is 0 Å². The lowest BCUT2D eigenvalue weighted by Gasteiger charge is -2.16. The van der Waals surface area contributed by atoms with Crippen LogP contribution in [0.3, 0.4) is 0 Å². The van der Waals surface area contributed by atoms with Crippen molar-refractivity contribution in [3.8, 4) is 0 Å². The van der Waals surface area contributed by atoms with Crippen molar-refractivity contribution in [2.75, 3.05) is 7.05 Å². The molecule has 0 aliphatic carbocycles. The smallest absolute Gasteiger partial charge is 0.129 e. The first-order valence-corrected chi connectivity index (χ1v) is 7.21. The van der Waals surface area contributed by atoms with Crippen LogP contribution in [0.1, 0.15) is 18.5 Å². The van der Waals surface area contributed by atoms with Gasteiger partial charge in [0.1, 0.15) is 5.82 Å². The van der Waals surface area contributed by atoms with E-state index in [1.807, 2.05) is 44.3 Å². The van der Waals surface area contributed by atoms with Gasteiger partial charge in [-0.2, -0.15) is 0 Å². The maximum absolute atomic E-state index is 14.0. The Bertz CT molecular complexity index is 574. The van der Waals surface area contributed by atoms with E-state index in [2.05, 4.69) is 5.32 Å². The van der Waals surface area contributed by atoms with Crippen LogP contribution in [0.15, 0.2) is 52.3 Å². The van der Waals surface area contributed by atoms with Crippen LogP contribution in [0.2, 0.25) is 5.02 Å². The molecule has 4 heteroatoms. The molecule has 0 spiro atoms. The molecule has 1 unspecified atom stereocenters. The molecule has 2 rings (SSSR count). The monoisotopic (exact) mass is 295 g/mol. The number of hydrogen-bond donors (Lipinski definition) is 1. The molecule has 0 saturated carbocycles. The van der Waals surface area contributed by atoms with E-state index in [1.54, 1.807) is 6.07 Å². The molecule has 0 radical (unpaired) electrons. The summed E-state index contributed by atoms with van der Waals surface area (Å²) < 4.78 is 14.0. The fourth-order valence-corrected chi connectivity index (χ4v) is 3.15. The summed E-state index contributed by atoms with van der Waals surface area (Å²) in [5, 5.41) is 3.76. The van der Waals surface area contributed by atoms with Gasteiger partial charge in [-0.25, -0.2) is 4.39 Å². The summed E-state index contributed by atoms with van der Waals surface area (Å²) >= 11 is 7.64. The van der Waals surface area contributed by atoms with Gasteiger partial charge in [0.05, 0.1) is 5.02 Å². The number of hydrogen-bond acceptors (Lipinski definition) is 2. The van der Waals surface area contributed by atoms with Crippen LogP contribution in [0.4, 0.5) is 4.39 Å². The number of rotatable bonds is 4. The van der Waals surface area contributed by atoms with Crippen molar-refractivity contribution < 1.29 is 4.39 Å². The van der Waals surface area contributed by atoms with E-state index >= 15 is 0 Å². The molecular formula is C15H15ClFNS. The Kier molecular flexibility index (Phi) is 4.86. The molecule has 100 valence electrons. The summed E-state index contributed by atoms with van der Waals surface area (Å²) in [6.45, 7) is 1.94. The highest BCUT2D eigenvalue weighted by Gasteiger charge is 2.15. The highest BCUT2D eigenvalue weighted by molar-refractivity contribution is 7.99. The quantitative estimate of drug-likeness (QED) is 0.860. The van der Waals surface area contributed by atoms with Crippen molar-refractivity contribution in [1.29, 1.82) is 0 Å². The fourth-order valence-electron chi connectivity index (χ4n) is 1.82. The Morgan fingerprint density at radius 2 is 1.79 bits per heavy atom. The number of nitrogens with one attached hydrogen (secondary N) is 1. The third-order valence-corrected chi connectivity index (χ3v) is 4.53. The van der Waals surface area contributed by atoms with Crippen LogP contribution >= 0.6 is 23.4 Å². The summed E-state index contributed by atoms with van der Waals surface area (Å²) in [6, 6.07) is 12.7. The molecule has 19 heavy (non-hydrogen) atoms. The minimum absolute atomic E-state index is 0.0498. The second-order valence-corrected chi connectivity index (χ2v) is 5.69. The third kappa shape index (κ3) is 3.30. The lowest BCUT2D eigenvalue weighted by molar-refractivity contribution is 0.552. The van der Waals surface area contributed by atoms with Gasteiger partial charge in [0.15, 0.2) is 0 Å². The van der Waals surface area contributed by atoms with Crippen LogP contribution in [0.5, 0.6) is 0 Å². The molecule has 0 saturated heterocycles. The largest absolute Gasteiger partial charge is 0.313 e. The van der Waals surface area contributed by atoms with E-state index in [1.165, 1.54) is 17.8 Å². The van der Waals surface area contributed by atoms with Crippen molar-refractivity contribution in [3.63, 3.8) is 0 Å². The molecule has 1 atom stereocenters. The summed E-state index contributed by atoms with van der Waals surface area (Å²) in [4.78, 5) is 1.81. The molecule has 1 N–H and O–H groups in total. The Morgan fingerprint density at radius 3 is 2.47 bits per heavy atom. The molecule has 0 aliphatic rings. The summed E-state index contributed by atoms with van der Waals surface area (Å²) in [7, 11) is 1.82. The van der Waals surface area contributed by atoms with Gasteiger partial charge in [0, 0.05) is 21.4 Å². The minimum Gasteiger partial charge on any atom is -0.313 e. The van der Waals surface area contributed by atoms with Gasteiger partial charge in [0.25, 0.3) is 0 Å². The van der Waals surface area contributed by atoms with Crippen LogP contribution < -0.4 is 5.32 Å². The third-order valence-electron chi connectivity index (χ3n) is 2.94. The van der Waals surface area contributed by atoms with Crippen molar-refractivity contribution in [3.05, 3.63) is 58.9 Å². The Hall–Kier alpha value is -1.03. The standard InChI is InChI=1S/C15H15ClFNS/c1-10(18-2)15-12(17)7-5-9-14(15)19-13-8-4-3-6-11(13)16/h3-10,18H,1-2H3. The molecule has 2 aromatic rings. The Morgan fingerprint density at radius 1 is 1.11 bits per heavy atom. The maximum Gasteiger partial charge on any atom is 0.129 e. The van der Waals surface area contributed by atoms with E-state index in [4.69, 9.17) is 11.6 Å². The fraction of sp³-hybridized carbons (Fsp3) is 0.200. The van der Waals surface area contributed by atoms with Gasteiger partial charge in [-0.05, 0) is 38.2 Å². The van der Waals surface area contributed by atoms with E-state index in [9.17, 15) is 4.39 Å². The molecule has 0 bridgehead atoms. The van der Waals surface area contributed by atoms with Crippen molar-refractivity contribution in [2.24, 2.45) is 0 Å². The lowest BCUT2D eigenvalue weighted by atomic mass is 10.1. The Balaban J connectivity index is 2.40. The van der Waals surface area contributed by atoms with Gasteiger partial charge < -0.3 is 5.32 Å². The highest BCUT2D eigenvalue weighted by atomic mass is 35.5. The SMILES string of the molecule is CNC(C)c1c(F)cccc1Sc1ccccc1Cl. The van der Waals surface area contributed by atoms with E-state index in [-0.39, 0.29) is 11.9 Å². The lowest BCUT2D eigenvalue weighted by Crippen LogP contribution is -2.14. The zero-order valence-electron chi connectivity index (χ0n) is 10.8. The van der Waals surface area contributed by atoms with E-state index in [0.717, 1.165) is 9.79 Å². The van der Waals surface area contributed by atoms with Gasteiger partial charge >= 0.3 is 0 Å². The molecule has 0 aliphatic heterocycles. The van der Waals surface area contributed by atoms with Crippen LogP contribution in [0, 0.1) is 5.82 Å². The number of benzene rings is 2. The van der Waals surface area contributed by atoms with Gasteiger partial charge in [-0.3, -0.25) is 0 Å². The average Bonchev–Trinajstić information content (AvgIpc) is 2.41. The van der Waals surface area contributed by atoms with Gasteiger partial charge in [0.2, 0.25) is 0 Å². The van der Waals surface area contributed by atoms with E-state index in [0.29, 0.717) is 10.6 Å². The molecule has 0 heterocycles. The number of halogens is 2.